The first-order valence-electron chi connectivity index (χ1n) is 11.9. The molecule has 1 aliphatic heterocycles. The molecule has 0 fully saturated rings. The van der Waals surface area contributed by atoms with E-state index in [1.807, 2.05) is 31.2 Å². The van der Waals surface area contributed by atoms with Crippen LogP contribution in [0.15, 0.2) is 69.9 Å². The van der Waals surface area contributed by atoms with Crippen LogP contribution in [0.25, 0.3) is 11.0 Å². The first-order valence-corrected chi connectivity index (χ1v) is 12.3. The van der Waals surface area contributed by atoms with Gasteiger partial charge in [0.25, 0.3) is 5.91 Å². The number of nitrogens with zero attached hydrogens (tertiary/aromatic N) is 1. The van der Waals surface area contributed by atoms with Gasteiger partial charge in [-0.15, -0.1) is 0 Å². The Labute approximate surface area is 213 Å². The highest BCUT2D eigenvalue weighted by Gasteiger charge is 2.43. The zero-order valence-electron chi connectivity index (χ0n) is 20.0. The molecule has 0 aliphatic carbocycles. The highest BCUT2D eigenvalue weighted by atomic mass is 35.5. The molecule has 3 aromatic carbocycles. The van der Waals surface area contributed by atoms with Gasteiger partial charge in [0.15, 0.2) is 5.43 Å². The van der Waals surface area contributed by atoms with Crippen molar-refractivity contribution in [2.45, 2.75) is 39.3 Å². The van der Waals surface area contributed by atoms with Crippen molar-refractivity contribution in [3.8, 4) is 5.75 Å². The number of aryl methyl sites for hydroxylation is 1. The molecule has 2 heterocycles. The lowest BCUT2D eigenvalue weighted by Crippen LogP contribution is -2.29. The summed E-state index contributed by atoms with van der Waals surface area (Å²) in [7, 11) is 0. The molecular weight excluding hydrogens is 481 g/mol. The van der Waals surface area contributed by atoms with E-state index in [0.29, 0.717) is 28.3 Å². The minimum absolute atomic E-state index is 0.0126. The van der Waals surface area contributed by atoms with Gasteiger partial charge < -0.3 is 14.1 Å². The van der Waals surface area contributed by atoms with Gasteiger partial charge in [0.05, 0.1) is 23.6 Å². The van der Waals surface area contributed by atoms with Crippen LogP contribution in [-0.4, -0.2) is 17.4 Å². The summed E-state index contributed by atoms with van der Waals surface area (Å²) in [5.74, 6) is -0.0899. The second kappa shape index (κ2) is 9.78. The summed E-state index contributed by atoms with van der Waals surface area (Å²) in [6.45, 7) is 4.64. The van der Waals surface area contributed by atoms with Crippen molar-refractivity contribution in [3.63, 3.8) is 0 Å². The van der Waals surface area contributed by atoms with E-state index in [1.165, 1.54) is 12.1 Å². The molecule has 1 aliphatic rings. The molecule has 7 heteroatoms. The number of hydrogen-bond acceptors (Lipinski definition) is 4. The predicted molar refractivity (Wildman–Crippen MR) is 137 cm³/mol. The zero-order valence-corrected chi connectivity index (χ0v) is 20.8. The quantitative estimate of drug-likeness (QED) is 0.259. The lowest BCUT2D eigenvalue weighted by molar-refractivity contribution is 0.0714. The van der Waals surface area contributed by atoms with Crippen LogP contribution < -0.4 is 10.2 Å². The number of halogens is 2. The number of ether oxygens (including phenoxy) is 1. The fourth-order valence-electron chi connectivity index (χ4n) is 4.55. The fourth-order valence-corrected chi connectivity index (χ4v) is 4.71. The number of rotatable bonds is 7. The van der Waals surface area contributed by atoms with Crippen LogP contribution in [-0.2, 0) is 6.54 Å². The molecule has 36 heavy (non-hydrogen) atoms. The van der Waals surface area contributed by atoms with Crippen LogP contribution in [0.1, 0.15) is 58.6 Å². The second-order valence-electron chi connectivity index (χ2n) is 9.01. The maximum absolute atomic E-state index is 13.8. The van der Waals surface area contributed by atoms with Crippen LogP contribution in [0.2, 0.25) is 5.02 Å². The molecular formula is C29H25ClFNO4. The Kier molecular flexibility index (Phi) is 6.54. The molecule has 5 rings (SSSR count). The minimum atomic E-state index is -0.701. The second-order valence-corrected chi connectivity index (χ2v) is 9.42. The van der Waals surface area contributed by atoms with Crippen LogP contribution in [0.4, 0.5) is 4.39 Å². The molecule has 0 bridgehead atoms. The summed E-state index contributed by atoms with van der Waals surface area (Å²) < 4.78 is 25.5. The van der Waals surface area contributed by atoms with Gasteiger partial charge in [-0.25, -0.2) is 4.39 Å². The van der Waals surface area contributed by atoms with E-state index < -0.39 is 11.9 Å². The Balaban J connectivity index is 1.66. The molecule has 0 saturated carbocycles. The number of carbonyl (C=O) groups excluding carboxylic acids is 1. The maximum Gasteiger partial charge on any atom is 0.291 e. The van der Waals surface area contributed by atoms with Crippen molar-refractivity contribution in [2.75, 3.05) is 6.61 Å². The van der Waals surface area contributed by atoms with Gasteiger partial charge in [0.1, 0.15) is 17.1 Å². The van der Waals surface area contributed by atoms with E-state index in [9.17, 15) is 14.0 Å². The molecule has 0 radical (unpaired) electrons. The van der Waals surface area contributed by atoms with Crippen molar-refractivity contribution in [2.24, 2.45) is 0 Å². The summed E-state index contributed by atoms with van der Waals surface area (Å²) in [5, 5.41) is 0.770. The van der Waals surface area contributed by atoms with E-state index in [4.69, 9.17) is 20.8 Å². The number of unbranched alkanes of at least 4 members (excludes halogenated alkanes) is 1. The normalized spacial score (nSPS) is 14.9. The van der Waals surface area contributed by atoms with Crippen molar-refractivity contribution in [1.29, 1.82) is 0 Å². The zero-order chi connectivity index (χ0) is 25.4. The molecule has 1 aromatic heterocycles. The van der Waals surface area contributed by atoms with Gasteiger partial charge in [-0.2, -0.15) is 0 Å². The van der Waals surface area contributed by atoms with E-state index in [1.54, 1.807) is 29.2 Å². The van der Waals surface area contributed by atoms with E-state index >= 15 is 0 Å². The Bertz CT molecular complexity index is 1510. The first kappa shape index (κ1) is 24.1. The molecule has 1 atom stereocenters. The smallest absolute Gasteiger partial charge is 0.291 e. The standard InChI is InChI=1S/C29H25ClFNO4/c1-3-4-12-35-21-7-5-6-19(14-21)26-25-27(33)22-15-23(30)17(2)13-24(22)36-28(25)29(34)32(26)16-18-8-10-20(31)11-9-18/h5-11,13-15,26H,3-4,12,16H2,1-2H3. The molecule has 0 saturated heterocycles. The topological polar surface area (TPSA) is 59.8 Å². The lowest BCUT2D eigenvalue weighted by Gasteiger charge is -2.25. The van der Waals surface area contributed by atoms with Crippen LogP contribution in [0.3, 0.4) is 0 Å². The summed E-state index contributed by atoms with van der Waals surface area (Å²) in [4.78, 5) is 29.0. The summed E-state index contributed by atoms with van der Waals surface area (Å²) in [6, 6.07) is 15.9. The van der Waals surface area contributed by atoms with Gasteiger partial charge in [-0.1, -0.05) is 49.2 Å². The molecule has 0 N–H and O–H groups in total. The average molecular weight is 506 g/mol. The van der Waals surface area contributed by atoms with Gasteiger partial charge in [0, 0.05) is 11.6 Å². The maximum atomic E-state index is 13.8. The Morgan fingerprint density at radius 1 is 1.08 bits per heavy atom. The van der Waals surface area contributed by atoms with Crippen molar-refractivity contribution < 1.29 is 18.3 Å². The predicted octanol–water partition coefficient (Wildman–Crippen LogP) is 6.82. The van der Waals surface area contributed by atoms with Crippen LogP contribution in [0.5, 0.6) is 5.75 Å². The van der Waals surface area contributed by atoms with Gasteiger partial charge in [-0.3, -0.25) is 9.59 Å². The monoisotopic (exact) mass is 505 g/mol. The molecule has 1 amide bonds. The lowest BCUT2D eigenvalue weighted by atomic mass is 9.97. The third-order valence-corrected chi connectivity index (χ3v) is 6.86. The molecule has 1 unspecified atom stereocenters. The van der Waals surface area contributed by atoms with E-state index in [-0.39, 0.29) is 29.1 Å². The fraction of sp³-hybridized carbons (Fsp3) is 0.241. The van der Waals surface area contributed by atoms with Gasteiger partial charge in [0.2, 0.25) is 5.76 Å². The highest BCUT2D eigenvalue weighted by molar-refractivity contribution is 6.32. The van der Waals surface area contributed by atoms with E-state index in [0.717, 1.165) is 29.5 Å². The number of benzene rings is 3. The Hall–Kier alpha value is -3.64. The van der Waals surface area contributed by atoms with Crippen LogP contribution >= 0.6 is 11.6 Å². The van der Waals surface area contributed by atoms with Crippen molar-refractivity contribution in [1.82, 2.24) is 4.90 Å². The van der Waals surface area contributed by atoms with Gasteiger partial charge in [-0.05, 0) is 66.4 Å². The van der Waals surface area contributed by atoms with Gasteiger partial charge >= 0.3 is 0 Å². The number of hydrogen-bond donors (Lipinski definition) is 0. The summed E-state index contributed by atoms with van der Waals surface area (Å²) >= 11 is 6.32. The Morgan fingerprint density at radius 2 is 1.86 bits per heavy atom. The minimum Gasteiger partial charge on any atom is -0.494 e. The molecule has 4 aromatic rings. The van der Waals surface area contributed by atoms with Crippen molar-refractivity contribution in [3.05, 3.63) is 110 Å². The average Bonchev–Trinajstić information content (AvgIpc) is 3.14. The number of carbonyl (C=O) groups is 1. The highest BCUT2D eigenvalue weighted by Crippen LogP contribution is 2.40. The number of fused-ring (bicyclic) bond motifs is 2. The summed E-state index contributed by atoms with van der Waals surface area (Å²) in [5.41, 5.74) is 2.48. The molecule has 5 nitrogen and oxygen atoms in total. The first-order chi connectivity index (χ1) is 17.4. The third-order valence-electron chi connectivity index (χ3n) is 6.45. The Morgan fingerprint density at radius 3 is 2.61 bits per heavy atom. The van der Waals surface area contributed by atoms with Crippen molar-refractivity contribution >= 4 is 28.5 Å². The third kappa shape index (κ3) is 4.37. The van der Waals surface area contributed by atoms with Crippen LogP contribution in [0, 0.1) is 12.7 Å². The molecule has 184 valence electrons. The largest absolute Gasteiger partial charge is 0.494 e. The SMILES string of the molecule is CCCCOc1cccc(C2c3c(oc4cc(C)c(Cl)cc4c3=O)C(=O)N2Cc2ccc(F)cc2)c1. The molecule has 0 spiro atoms. The summed E-state index contributed by atoms with van der Waals surface area (Å²) in [6.07, 6.45) is 1.92. The number of amides is 1. The van der Waals surface area contributed by atoms with E-state index in [2.05, 4.69) is 6.92 Å².